The number of fused-ring (bicyclic) bond motifs is 1. The van der Waals surface area contributed by atoms with E-state index < -0.39 is 5.41 Å². The van der Waals surface area contributed by atoms with Crippen molar-refractivity contribution in [1.29, 1.82) is 0 Å². The molecular formula is C34H54O3. The molecule has 0 bridgehead atoms. The highest BCUT2D eigenvalue weighted by molar-refractivity contribution is 6.01. The quantitative estimate of drug-likeness (QED) is 0.235. The van der Waals surface area contributed by atoms with Crippen molar-refractivity contribution in [1.82, 2.24) is 0 Å². The van der Waals surface area contributed by atoms with E-state index in [-0.39, 0.29) is 29.8 Å². The molecule has 0 aromatic heterocycles. The van der Waals surface area contributed by atoms with Gasteiger partial charge in [-0.05, 0) is 105 Å². The molecular weight excluding hydrogens is 456 g/mol. The van der Waals surface area contributed by atoms with E-state index >= 15 is 0 Å². The van der Waals surface area contributed by atoms with Crippen LogP contribution in [-0.2, 0) is 28.9 Å². The average molecular weight is 511 g/mol. The van der Waals surface area contributed by atoms with E-state index in [0.717, 1.165) is 63.4 Å². The molecule has 3 atom stereocenters. The Morgan fingerprint density at radius 1 is 1.00 bits per heavy atom. The lowest BCUT2D eigenvalue weighted by atomic mass is 9.64. The van der Waals surface area contributed by atoms with E-state index in [4.69, 9.17) is 0 Å². The van der Waals surface area contributed by atoms with Crippen molar-refractivity contribution in [3.05, 3.63) is 33.9 Å². The zero-order valence-electron chi connectivity index (χ0n) is 25.4. The maximum Gasteiger partial charge on any atom is 0.163 e. The van der Waals surface area contributed by atoms with Crippen LogP contribution >= 0.6 is 0 Å². The molecule has 0 fully saturated rings. The van der Waals surface area contributed by atoms with Crippen LogP contribution in [0.2, 0.25) is 0 Å². The highest BCUT2D eigenvalue weighted by Crippen LogP contribution is 2.44. The van der Waals surface area contributed by atoms with Gasteiger partial charge in [0.15, 0.2) is 5.78 Å². The standard InChI is InChI=1S/C34H54O3/c1-10-14-26-22-27(16-13-17-33(6,7)8)29-20-25(21-30(36)32(29)24(26)5)19-28(15-11-2)34(9,12-3)31(37)18-23(4)35/h22,25,28H,10-21H2,1-9H3. The number of hydrogen-bond donors (Lipinski definition) is 0. The first-order valence-electron chi connectivity index (χ1n) is 15.0. The minimum atomic E-state index is -0.512. The maximum absolute atomic E-state index is 13.7. The van der Waals surface area contributed by atoms with Crippen LogP contribution in [0.5, 0.6) is 0 Å². The third-order valence-electron chi connectivity index (χ3n) is 8.97. The normalized spacial score (nSPS) is 18.3. The van der Waals surface area contributed by atoms with Gasteiger partial charge < -0.3 is 0 Å². The lowest BCUT2D eigenvalue weighted by Crippen LogP contribution is -2.38. The summed E-state index contributed by atoms with van der Waals surface area (Å²) in [6.07, 6.45) is 10.5. The molecule has 1 aromatic rings. The lowest BCUT2D eigenvalue weighted by Gasteiger charge is -2.39. The molecule has 1 aromatic carbocycles. The second-order valence-electron chi connectivity index (χ2n) is 13.3. The molecule has 0 N–H and O–H groups in total. The summed E-state index contributed by atoms with van der Waals surface area (Å²) in [4.78, 5) is 38.7. The molecule has 3 unspecified atom stereocenters. The highest BCUT2D eigenvalue weighted by atomic mass is 16.1. The summed E-state index contributed by atoms with van der Waals surface area (Å²) in [6, 6.07) is 2.41. The Bertz CT molecular complexity index is 964. The molecule has 0 amide bonds. The predicted octanol–water partition coefficient (Wildman–Crippen LogP) is 8.83. The van der Waals surface area contributed by atoms with Gasteiger partial charge >= 0.3 is 0 Å². The fourth-order valence-electron chi connectivity index (χ4n) is 6.61. The summed E-state index contributed by atoms with van der Waals surface area (Å²) >= 11 is 0. The number of ketones is 3. The molecule has 208 valence electrons. The predicted molar refractivity (Wildman–Crippen MR) is 155 cm³/mol. The third kappa shape index (κ3) is 8.11. The first kappa shape index (κ1) is 31.4. The van der Waals surface area contributed by atoms with Crippen molar-refractivity contribution >= 4 is 17.3 Å². The van der Waals surface area contributed by atoms with Gasteiger partial charge in [-0.3, -0.25) is 14.4 Å². The Kier molecular flexibility index (Phi) is 11.3. The number of carbonyl (C=O) groups excluding carboxylic acids is 3. The third-order valence-corrected chi connectivity index (χ3v) is 8.97. The fourth-order valence-corrected chi connectivity index (χ4v) is 6.61. The Balaban J connectivity index is 2.42. The average Bonchev–Trinajstić information content (AvgIpc) is 2.79. The SMILES string of the molecule is CCCc1cc(CCCC(C)(C)C)c2c(c1C)C(=O)CC(CC(CCC)C(C)(CC)C(=O)CC(C)=O)C2. The molecule has 2 rings (SSSR count). The van der Waals surface area contributed by atoms with Crippen LogP contribution in [0, 0.1) is 29.6 Å². The molecule has 1 aliphatic rings. The van der Waals surface area contributed by atoms with Gasteiger partial charge in [0.25, 0.3) is 0 Å². The minimum Gasteiger partial charge on any atom is -0.300 e. The summed E-state index contributed by atoms with van der Waals surface area (Å²) in [5, 5.41) is 0. The molecule has 0 heterocycles. The monoisotopic (exact) mass is 510 g/mol. The largest absolute Gasteiger partial charge is 0.300 e. The zero-order valence-corrected chi connectivity index (χ0v) is 25.4. The first-order valence-corrected chi connectivity index (χ1v) is 15.0. The van der Waals surface area contributed by atoms with E-state index in [1.165, 1.54) is 35.6 Å². The second-order valence-corrected chi connectivity index (χ2v) is 13.3. The van der Waals surface area contributed by atoms with Gasteiger partial charge in [0, 0.05) is 17.4 Å². The molecule has 3 heteroatoms. The molecule has 37 heavy (non-hydrogen) atoms. The Hall–Kier alpha value is -1.77. The second kappa shape index (κ2) is 13.3. The van der Waals surface area contributed by atoms with Crippen molar-refractivity contribution in [3.8, 4) is 0 Å². The van der Waals surface area contributed by atoms with Gasteiger partial charge in [-0.25, -0.2) is 0 Å². The van der Waals surface area contributed by atoms with E-state index in [1.54, 1.807) is 0 Å². The van der Waals surface area contributed by atoms with Gasteiger partial charge in [-0.1, -0.05) is 67.4 Å². The summed E-state index contributed by atoms with van der Waals surface area (Å²) in [5.74, 6) is 0.762. The maximum atomic E-state index is 13.7. The highest BCUT2D eigenvalue weighted by Gasteiger charge is 2.41. The van der Waals surface area contributed by atoms with Gasteiger partial charge in [0.2, 0.25) is 0 Å². The topological polar surface area (TPSA) is 51.2 Å². The number of rotatable bonds is 14. The molecule has 0 spiro atoms. The van der Waals surface area contributed by atoms with E-state index in [1.807, 2.05) is 0 Å². The summed E-state index contributed by atoms with van der Waals surface area (Å²) in [7, 11) is 0. The molecule has 0 aliphatic heterocycles. The summed E-state index contributed by atoms with van der Waals surface area (Å²) in [6.45, 7) is 19.1. The molecule has 1 aliphatic carbocycles. The van der Waals surface area contributed by atoms with Crippen molar-refractivity contribution < 1.29 is 14.4 Å². The van der Waals surface area contributed by atoms with Crippen LogP contribution in [0.15, 0.2) is 6.07 Å². The molecule has 0 saturated carbocycles. The van der Waals surface area contributed by atoms with Gasteiger partial charge in [-0.2, -0.15) is 0 Å². The number of hydrogen-bond acceptors (Lipinski definition) is 3. The molecule has 3 nitrogen and oxygen atoms in total. The van der Waals surface area contributed by atoms with E-state index in [0.29, 0.717) is 17.6 Å². The number of carbonyl (C=O) groups is 3. The van der Waals surface area contributed by atoms with Crippen molar-refractivity contribution in [2.75, 3.05) is 0 Å². The zero-order chi connectivity index (χ0) is 28.0. The number of benzene rings is 1. The van der Waals surface area contributed by atoms with Crippen LogP contribution < -0.4 is 0 Å². The van der Waals surface area contributed by atoms with Gasteiger partial charge in [-0.15, -0.1) is 0 Å². The summed E-state index contributed by atoms with van der Waals surface area (Å²) < 4.78 is 0. The van der Waals surface area contributed by atoms with Crippen LogP contribution in [-0.4, -0.2) is 17.3 Å². The Morgan fingerprint density at radius 3 is 2.22 bits per heavy atom. The van der Waals surface area contributed by atoms with Crippen molar-refractivity contribution in [2.45, 2.75) is 139 Å². The Morgan fingerprint density at radius 2 is 1.68 bits per heavy atom. The van der Waals surface area contributed by atoms with Gasteiger partial charge in [0.1, 0.15) is 11.6 Å². The first-order chi connectivity index (χ1) is 17.3. The van der Waals surface area contributed by atoms with Crippen molar-refractivity contribution in [3.63, 3.8) is 0 Å². The smallest absolute Gasteiger partial charge is 0.163 e. The van der Waals surface area contributed by atoms with Crippen LogP contribution in [0.3, 0.4) is 0 Å². The summed E-state index contributed by atoms with van der Waals surface area (Å²) in [5.41, 5.74) is 6.00. The fraction of sp³-hybridized carbons (Fsp3) is 0.735. The lowest BCUT2D eigenvalue weighted by molar-refractivity contribution is -0.135. The van der Waals surface area contributed by atoms with E-state index in [2.05, 4.69) is 61.5 Å². The van der Waals surface area contributed by atoms with Crippen LogP contribution in [0.1, 0.15) is 146 Å². The molecule has 0 radical (unpaired) electrons. The van der Waals surface area contributed by atoms with E-state index in [9.17, 15) is 14.4 Å². The minimum absolute atomic E-state index is 0.0221. The van der Waals surface area contributed by atoms with Crippen LogP contribution in [0.4, 0.5) is 0 Å². The molecule has 0 saturated heterocycles. The Labute approximate surface area is 227 Å². The van der Waals surface area contributed by atoms with Crippen LogP contribution in [0.25, 0.3) is 0 Å². The number of aryl methyl sites for hydroxylation is 2. The van der Waals surface area contributed by atoms with Gasteiger partial charge in [0.05, 0.1) is 6.42 Å². The number of Topliss-reactive ketones (excluding diaryl/α,β-unsaturated/α-hetero) is 3. The van der Waals surface area contributed by atoms with Crippen molar-refractivity contribution in [2.24, 2.45) is 22.7 Å².